The third-order valence-corrected chi connectivity index (χ3v) is 5.42. The Kier molecular flexibility index (Phi) is 5.58. The molecule has 4 rings (SSSR count). The molecule has 1 aromatic heterocycles. The first-order chi connectivity index (χ1) is 14.1. The minimum absolute atomic E-state index is 0.234. The fourth-order valence-electron chi connectivity index (χ4n) is 3.76. The molecule has 6 heteroatoms. The van der Waals surface area contributed by atoms with Crippen LogP contribution in [0.25, 0.3) is 11.0 Å². The van der Waals surface area contributed by atoms with E-state index in [4.69, 9.17) is 25.5 Å². The molecule has 1 heterocycles. The number of halogens is 1. The molecular formula is C23H21ClO5. The van der Waals surface area contributed by atoms with Crippen LogP contribution in [0.1, 0.15) is 42.6 Å². The lowest BCUT2D eigenvalue weighted by molar-refractivity contribution is -0.151. The van der Waals surface area contributed by atoms with Crippen LogP contribution in [0.5, 0.6) is 5.75 Å². The van der Waals surface area contributed by atoms with E-state index in [0.29, 0.717) is 16.2 Å². The largest absolute Gasteiger partial charge is 0.472 e. The molecular weight excluding hydrogens is 392 g/mol. The van der Waals surface area contributed by atoms with Crippen molar-refractivity contribution in [1.29, 1.82) is 0 Å². The Hall–Kier alpha value is -2.79. The summed E-state index contributed by atoms with van der Waals surface area (Å²) in [4.78, 5) is 24.9. The van der Waals surface area contributed by atoms with Crippen LogP contribution < -0.4 is 10.4 Å². The van der Waals surface area contributed by atoms with E-state index in [1.165, 1.54) is 0 Å². The van der Waals surface area contributed by atoms with Crippen molar-refractivity contribution in [3.05, 3.63) is 74.6 Å². The van der Waals surface area contributed by atoms with Gasteiger partial charge in [-0.15, -0.1) is 0 Å². The molecule has 0 N–H and O–H groups in total. The molecule has 0 bridgehead atoms. The number of esters is 1. The van der Waals surface area contributed by atoms with E-state index in [1.54, 1.807) is 31.2 Å². The topological polar surface area (TPSA) is 65.7 Å². The van der Waals surface area contributed by atoms with Gasteiger partial charge in [-0.05, 0) is 44.2 Å². The number of hydrogen-bond donors (Lipinski definition) is 0. The first-order valence-electron chi connectivity index (χ1n) is 9.75. The van der Waals surface area contributed by atoms with Gasteiger partial charge in [0.25, 0.3) is 0 Å². The molecule has 150 valence electrons. The molecule has 0 fully saturated rings. The fourth-order valence-corrected chi connectivity index (χ4v) is 3.97. The molecule has 1 unspecified atom stereocenters. The van der Waals surface area contributed by atoms with Crippen molar-refractivity contribution in [2.24, 2.45) is 0 Å². The van der Waals surface area contributed by atoms with Gasteiger partial charge in [-0.2, -0.15) is 0 Å². The number of ether oxygens (including phenoxy) is 2. The number of benzene rings is 2. The Balaban J connectivity index is 1.77. The Bertz CT molecular complexity index is 1100. The van der Waals surface area contributed by atoms with Crippen molar-refractivity contribution in [3.8, 4) is 5.75 Å². The van der Waals surface area contributed by atoms with Crippen LogP contribution in [0, 0.1) is 0 Å². The average molecular weight is 413 g/mol. The Morgan fingerprint density at radius 1 is 1.14 bits per heavy atom. The van der Waals surface area contributed by atoms with Gasteiger partial charge in [-0.3, -0.25) is 0 Å². The Morgan fingerprint density at radius 2 is 1.86 bits per heavy atom. The van der Waals surface area contributed by atoms with Crippen molar-refractivity contribution in [1.82, 2.24) is 0 Å². The number of carbonyl (C=O) groups excluding carboxylic acids is 1. The third-order valence-electron chi connectivity index (χ3n) is 5.12. The van der Waals surface area contributed by atoms with E-state index in [1.807, 2.05) is 18.2 Å². The van der Waals surface area contributed by atoms with E-state index in [9.17, 15) is 9.59 Å². The fraction of sp³-hybridized carbons (Fsp3) is 0.304. The monoisotopic (exact) mass is 412 g/mol. The van der Waals surface area contributed by atoms with Crippen LogP contribution in [-0.2, 0) is 22.4 Å². The normalized spacial score (nSPS) is 14.3. The van der Waals surface area contributed by atoms with Crippen molar-refractivity contribution in [2.75, 3.05) is 6.61 Å². The molecule has 0 saturated heterocycles. The van der Waals surface area contributed by atoms with Gasteiger partial charge in [-0.25, -0.2) is 9.59 Å². The average Bonchev–Trinajstić information content (AvgIpc) is 2.74. The second-order valence-corrected chi connectivity index (χ2v) is 7.40. The van der Waals surface area contributed by atoms with Crippen molar-refractivity contribution >= 4 is 28.5 Å². The quantitative estimate of drug-likeness (QED) is 0.435. The van der Waals surface area contributed by atoms with Crippen LogP contribution in [0.2, 0.25) is 5.02 Å². The van der Waals surface area contributed by atoms with Gasteiger partial charge in [0.05, 0.1) is 11.6 Å². The van der Waals surface area contributed by atoms with E-state index < -0.39 is 12.1 Å². The minimum Gasteiger partial charge on any atom is -0.472 e. The standard InChI is InChI=1S/C23H21ClO5/c1-2-27-23(26)21(14-8-4-3-5-9-14)28-20-13-19-17(12-18(20)24)15-10-6-7-11-16(15)22(25)29-19/h3-5,8-9,12-13,21H,2,6-7,10-11H2,1H3. The van der Waals surface area contributed by atoms with Crippen LogP contribution in [0.15, 0.2) is 51.7 Å². The molecule has 1 aliphatic rings. The highest BCUT2D eigenvalue weighted by molar-refractivity contribution is 6.32. The molecule has 1 aliphatic carbocycles. The van der Waals surface area contributed by atoms with Crippen LogP contribution in [-0.4, -0.2) is 12.6 Å². The summed E-state index contributed by atoms with van der Waals surface area (Å²) in [5.74, 6) is -0.248. The lowest BCUT2D eigenvalue weighted by Crippen LogP contribution is -2.21. The number of hydrogen-bond acceptors (Lipinski definition) is 5. The summed E-state index contributed by atoms with van der Waals surface area (Å²) in [6.45, 7) is 1.97. The number of rotatable bonds is 5. The van der Waals surface area contributed by atoms with E-state index >= 15 is 0 Å². The molecule has 29 heavy (non-hydrogen) atoms. The highest BCUT2D eigenvalue weighted by Crippen LogP contribution is 2.36. The maximum Gasteiger partial charge on any atom is 0.352 e. The molecule has 3 aromatic rings. The van der Waals surface area contributed by atoms with Crippen molar-refractivity contribution in [3.63, 3.8) is 0 Å². The second-order valence-electron chi connectivity index (χ2n) is 6.99. The first-order valence-corrected chi connectivity index (χ1v) is 10.1. The number of carbonyl (C=O) groups is 1. The molecule has 0 spiro atoms. The number of aryl methyl sites for hydroxylation is 1. The lowest BCUT2D eigenvalue weighted by Gasteiger charge is -2.20. The van der Waals surface area contributed by atoms with E-state index in [0.717, 1.165) is 42.2 Å². The van der Waals surface area contributed by atoms with Crippen LogP contribution in [0.4, 0.5) is 0 Å². The maximum absolute atomic E-state index is 12.5. The molecule has 0 amide bonds. The van der Waals surface area contributed by atoms with Crippen molar-refractivity contribution < 1.29 is 18.7 Å². The van der Waals surface area contributed by atoms with Gasteiger partial charge < -0.3 is 13.9 Å². The second kappa shape index (κ2) is 8.29. The molecule has 0 radical (unpaired) electrons. The van der Waals surface area contributed by atoms with Gasteiger partial charge in [0, 0.05) is 22.6 Å². The third kappa shape index (κ3) is 3.87. The van der Waals surface area contributed by atoms with E-state index in [2.05, 4.69) is 0 Å². The molecule has 0 saturated carbocycles. The maximum atomic E-state index is 12.5. The van der Waals surface area contributed by atoms with Crippen LogP contribution >= 0.6 is 11.6 Å². The zero-order valence-electron chi connectivity index (χ0n) is 16.1. The summed E-state index contributed by atoms with van der Waals surface area (Å²) < 4.78 is 16.7. The molecule has 5 nitrogen and oxygen atoms in total. The summed E-state index contributed by atoms with van der Waals surface area (Å²) in [7, 11) is 0. The smallest absolute Gasteiger partial charge is 0.352 e. The SMILES string of the molecule is CCOC(=O)C(Oc1cc2oc(=O)c3c(c2cc1Cl)CCCC3)c1ccccc1. The zero-order chi connectivity index (χ0) is 20.4. The summed E-state index contributed by atoms with van der Waals surface area (Å²) in [5, 5.41) is 1.17. The van der Waals surface area contributed by atoms with Gasteiger partial charge in [0.1, 0.15) is 11.3 Å². The summed E-state index contributed by atoms with van der Waals surface area (Å²) in [6, 6.07) is 12.4. The Labute approximate surface area is 173 Å². The molecule has 0 aliphatic heterocycles. The van der Waals surface area contributed by atoms with Gasteiger partial charge >= 0.3 is 11.6 Å². The summed E-state index contributed by atoms with van der Waals surface area (Å²) in [5.41, 5.74) is 2.48. The van der Waals surface area contributed by atoms with E-state index in [-0.39, 0.29) is 18.0 Å². The molecule has 1 atom stereocenters. The predicted molar refractivity (Wildman–Crippen MR) is 111 cm³/mol. The summed E-state index contributed by atoms with van der Waals surface area (Å²) in [6.07, 6.45) is 2.58. The lowest BCUT2D eigenvalue weighted by atomic mass is 9.90. The Morgan fingerprint density at radius 3 is 2.59 bits per heavy atom. The van der Waals surface area contributed by atoms with Gasteiger partial charge in [0.2, 0.25) is 6.10 Å². The first kappa shape index (κ1) is 19.5. The minimum atomic E-state index is -0.976. The van der Waals surface area contributed by atoms with Gasteiger partial charge in [-0.1, -0.05) is 41.9 Å². The number of fused-ring (bicyclic) bond motifs is 3. The van der Waals surface area contributed by atoms with Crippen molar-refractivity contribution in [2.45, 2.75) is 38.7 Å². The highest BCUT2D eigenvalue weighted by atomic mass is 35.5. The highest BCUT2D eigenvalue weighted by Gasteiger charge is 2.26. The molecule has 2 aromatic carbocycles. The van der Waals surface area contributed by atoms with Gasteiger partial charge in [0.15, 0.2) is 0 Å². The summed E-state index contributed by atoms with van der Waals surface area (Å²) >= 11 is 6.50. The zero-order valence-corrected chi connectivity index (χ0v) is 16.8. The predicted octanol–water partition coefficient (Wildman–Crippen LogP) is 5.01. The van der Waals surface area contributed by atoms with Crippen LogP contribution in [0.3, 0.4) is 0 Å².